The molecule has 1 amide bonds. The molecule has 5 nitrogen and oxygen atoms in total. The first-order valence-electron chi connectivity index (χ1n) is 8.73. The SMILES string of the molecule is C[C@@H](NC(=O)COC(=O)c1ccc(CO)cc1)[C@@H]1C[C@H]2CC[C@H]1C2. The summed E-state index contributed by atoms with van der Waals surface area (Å²) in [5, 5.41) is 12.0. The largest absolute Gasteiger partial charge is 0.452 e. The summed E-state index contributed by atoms with van der Waals surface area (Å²) in [6, 6.07) is 6.63. The van der Waals surface area contributed by atoms with Crippen molar-refractivity contribution in [3.05, 3.63) is 35.4 Å². The predicted octanol–water partition coefficient (Wildman–Crippen LogP) is 2.28. The summed E-state index contributed by atoms with van der Waals surface area (Å²) < 4.78 is 5.08. The van der Waals surface area contributed by atoms with Crippen LogP contribution in [0.2, 0.25) is 0 Å². The maximum absolute atomic E-state index is 12.0. The van der Waals surface area contributed by atoms with Gasteiger partial charge in [-0.25, -0.2) is 4.79 Å². The van der Waals surface area contributed by atoms with Crippen molar-refractivity contribution in [2.24, 2.45) is 17.8 Å². The first-order chi connectivity index (χ1) is 11.6. The third-order valence-corrected chi connectivity index (χ3v) is 5.53. The molecule has 0 aliphatic heterocycles. The lowest BCUT2D eigenvalue weighted by Gasteiger charge is -2.28. The van der Waals surface area contributed by atoms with Gasteiger partial charge in [-0.05, 0) is 61.6 Å². The molecule has 24 heavy (non-hydrogen) atoms. The Bertz CT molecular complexity index is 598. The lowest BCUT2D eigenvalue weighted by Crippen LogP contribution is -2.42. The van der Waals surface area contributed by atoms with Crippen molar-refractivity contribution >= 4 is 11.9 Å². The third-order valence-electron chi connectivity index (χ3n) is 5.53. The van der Waals surface area contributed by atoms with E-state index in [0.29, 0.717) is 11.5 Å². The summed E-state index contributed by atoms with van der Waals surface area (Å²) in [5.74, 6) is 1.39. The van der Waals surface area contributed by atoms with E-state index in [1.54, 1.807) is 24.3 Å². The average Bonchev–Trinajstić information content (AvgIpc) is 3.23. The van der Waals surface area contributed by atoms with Gasteiger partial charge in [-0.15, -0.1) is 0 Å². The Labute approximate surface area is 142 Å². The van der Waals surface area contributed by atoms with E-state index < -0.39 is 5.97 Å². The smallest absolute Gasteiger partial charge is 0.338 e. The number of hydrogen-bond donors (Lipinski definition) is 2. The predicted molar refractivity (Wildman–Crippen MR) is 89.2 cm³/mol. The van der Waals surface area contributed by atoms with Crippen molar-refractivity contribution in [2.45, 2.75) is 45.3 Å². The van der Waals surface area contributed by atoms with Crippen LogP contribution >= 0.6 is 0 Å². The van der Waals surface area contributed by atoms with Crippen LogP contribution in [0.4, 0.5) is 0 Å². The van der Waals surface area contributed by atoms with Crippen LogP contribution in [-0.2, 0) is 16.1 Å². The summed E-state index contributed by atoms with van der Waals surface area (Å²) in [7, 11) is 0. The van der Waals surface area contributed by atoms with Gasteiger partial charge in [0, 0.05) is 6.04 Å². The van der Waals surface area contributed by atoms with Gasteiger partial charge in [-0.2, -0.15) is 0 Å². The number of aliphatic hydroxyl groups is 1. The number of carbonyl (C=O) groups is 2. The highest BCUT2D eigenvalue weighted by Gasteiger charge is 2.42. The van der Waals surface area contributed by atoms with Crippen LogP contribution in [0.15, 0.2) is 24.3 Å². The van der Waals surface area contributed by atoms with Crippen molar-refractivity contribution in [1.82, 2.24) is 5.32 Å². The maximum atomic E-state index is 12.0. The number of esters is 1. The fourth-order valence-electron chi connectivity index (χ4n) is 4.27. The van der Waals surface area contributed by atoms with Gasteiger partial charge in [0.2, 0.25) is 0 Å². The summed E-state index contributed by atoms with van der Waals surface area (Å²) in [5.41, 5.74) is 1.10. The Kier molecular flexibility index (Phi) is 5.19. The molecule has 2 bridgehead atoms. The number of carbonyl (C=O) groups excluding carboxylic acids is 2. The molecule has 2 saturated carbocycles. The Morgan fingerprint density at radius 3 is 2.58 bits per heavy atom. The lowest BCUT2D eigenvalue weighted by atomic mass is 9.84. The van der Waals surface area contributed by atoms with Gasteiger partial charge in [0.1, 0.15) is 0 Å². The minimum atomic E-state index is -0.526. The number of rotatable bonds is 6. The van der Waals surface area contributed by atoms with Gasteiger partial charge in [0.05, 0.1) is 12.2 Å². The number of hydrogen-bond acceptors (Lipinski definition) is 4. The summed E-state index contributed by atoms with van der Waals surface area (Å²) >= 11 is 0. The average molecular weight is 331 g/mol. The van der Waals surface area contributed by atoms with Gasteiger partial charge < -0.3 is 15.2 Å². The molecule has 2 fully saturated rings. The highest BCUT2D eigenvalue weighted by atomic mass is 16.5. The van der Waals surface area contributed by atoms with E-state index in [2.05, 4.69) is 12.2 Å². The summed E-state index contributed by atoms with van der Waals surface area (Å²) in [6.07, 6.45) is 5.15. The Hall–Kier alpha value is -1.88. The first-order valence-corrected chi connectivity index (χ1v) is 8.73. The monoisotopic (exact) mass is 331 g/mol. The van der Waals surface area contributed by atoms with Crippen LogP contribution in [0, 0.1) is 17.8 Å². The minimum Gasteiger partial charge on any atom is -0.452 e. The van der Waals surface area contributed by atoms with Crippen LogP contribution in [0.1, 0.15) is 48.5 Å². The molecule has 2 N–H and O–H groups in total. The van der Waals surface area contributed by atoms with E-state index in [9.17, 15) is 9.59 Å². The van der Waals surface area contributed by atoms with Crippen LogP contribution in [0.25, 0.3) is 0 Å². The van der Waals surface area contributed by atoms with Crippen LogP contribution in [-0.4, -0.2) is 29.6 Å². The van der Waals surface area contributed by atoms with Crippen molar-refractivity contribution in [1.29, 1.82) is 0 Å². The van der Waals surface area contributed by atoms with E-state index in [-0.39, 0.29) is 25.2 Å². The van der Waals surface area contributed by atoms with E-state index in [1.165, 1.54) is 25.7 Å². The van der Waals surface area contributed by atoms with E-state index >= 15 is 0 Å². The molecule has 130 valence electrons. The summed E-state index contributed by atoms with van der Waals surface area (Å²) in [4.78, 5) is 24.0. The van der Waals surface area contributed by atoms with Crippen molar-refractivity contribution < 1.29 is 19.4 Å². The van der Waals surface area contributed by atoms with Crippen LogP contribution in [0.5, 0.6) is 0 Å². The molecule has 0 radical (unpaired) electrons. The Morgan fingerprint density at radius 2 is 2.00 bits per heavy atom. The molecule has 0 spiro atoms. The second kappa shape index (κ2) is 7.34. The van der Waals surface area contributed by atoms with Gasteiger partial charge in [-0.3, -0.25) is 4.79 Å². The van der Waals surface area contributed by atoms with E-state index in [4.69, 9.17) is 9.84 Å². The zero-order valence-corrected chi connectivity index (χ0v) is 14.0. The zero-order chi connectivity index (χ0) is 17.1. The number of aliphatic hydroxyl groups excluding tert-OH is 1. The number of fused-ring (bicyclic) bond motifs is 2. The number of amides is 1. The molecular formula is C19H25NO4. The molecule has 4 atom stereocenters. The quantitative estimate of drug-likeness (QED) is 0.784. The molecule has 0 unspecified atom stereocenters. The molecule has 5 heteroatoms. The van der Waals surface area contributed by atoms with E-state index in [0.717, 1.165) is 17.4 Å². The van der Waals surface area contributed by atoms with Crippen LogP contribution in [0.3, 0.4) is 0 Å². The van der Waals surface area contributed by atoms with Gasteiger partial charge in [-0.1, -0.05) is 18.6 Å². The molecule has 3 rings (SSSR count). The normalized spacial score (nSPS) is 26.2. The topological polar surface area (TPSA) is 75.6 Å². The molecular weight excluding hydrogens is 306 g/mol. The van der Waals surface area contributed by atoms with Gasteiger partial charge in [0.25, 0.3) is 5.91 Å². The van der Waals surface area contributed by atoms with E-state index in [1.807, 2.05) is 0 Å². The Morgan fingerprint density at radius 1 is 1.25 bits per heavy atom. The fraction of sp³-hybridized carbons (Fsp3) is 0.579. The van der Waals surface area contributed by atoms with Crippen molar-refractivity contribution in [3.8, 4) is 0 Å². The number of nitrogens with one attached hydrogen (secondary N) is 1. The molecule has 0 heterocycles. The second-order valence-corrected chi connectivity index (χ2v) is 7.13. The maximum Gasteiger partial charge on any atom is 0.338 e. The molecule has 0 saturated heterocycles. The zero-order valence-electron chi connectivity index (χ0n) is 14.0. The lowest BCUT2D eigenvalue weighted by molar-refractivity contribution is -0.125. The number of ether oxygens (including phenoxy) is 1. The highest BCUT2D eigenvalue weighted by Crippen LogP contribution is 2.49. The minimum absolute atomic E-state index is 0.0708. The number of benzene rings is 1. The van der Waals surface area contributed by atoms with Crippen LogP contribution < -0.4 is 5.32 Å². The first kappa shape index (κ1) is 17.0. The molecule has 0 aromatic heterocycles. The Balaban J connectivity index is 1.44. The summed E-state index contributed by atoms with van der Waals surface area (Å²) in [6.45, 7) is 1.73. The fourth-order valence-corrected chi connectivity index (χ4v) is 4.27. The highest BCUT2D eigenvalue weighted by molar-refractivity contribution is 5.91. The molecule has 2 aliphatic carbocycles. The molecule has 1 aromatic rings. The second-order valence-electron chi connectivity index (χ2n) is 7.13. The van der Waals surface area contributed by atoms with Gasteiger partial charge >= 0.3 is 5.97 Å². The van der Waals surface area contributed by atoms with Crippen molar-refractivity contribution in [3.63, 3.8) is 0 Å². The molecule has 2 aliphatic rings. The standard InChI is InChI=1S/C19H25NO4/c1-12(17-9-14-4-7-16(17)8-14)20-18(22)11-24-19(23)15-5-2-13(10-21)3-6-15/h2-3,5-6,12,14,16-17,21H,4,7-11H2,1H3,(H,20,22)/t12-,14+,16+,17+/m1/s1. The van der Waals surface area contributed by atoms with Gasteiger partial charge in [0.15, 0.2) is 6.61 Å². The van der Waals surface area contributed by atoms with Crippen molar-refractivity contribution in [2.75, 3.05) is 6.61 Å². The third kappa shape index (κ3) is 3.78. The molecule has 1 aromatic carbocycles.